The molecule has 0 aliphatic heterocycles. The lowest BCUT2D eigenvalue weighted by atomic mass is 9.96. The van der Waals surface area contributed by atoms with Crippen LogP contribution in [0.25, 0.3) is 11.0 Å². The molecule has 0 bridgehead atoms. The molecule has 0 aliphatic carbocycles. The lowest BCUT2D eigenvalue weighted by molar-refractivity contribution is 0.403. The fraction of sp³-hybridized carbons (Fsp3) is 0.500. The highest BCUT2D eigenvalue weighted by molar-refractivity contribution is 6.31. The highest BCUT2D eigenvalue weighted by atomic mass is 35.5. The van der Waals surface area contributed by atoms with Crippen molar-refractivity contribution >= 4 is 22.6 Å². The van der Waals surface area contributed by atoms with E-state index >= 15 is 0 Å². The van der Waals surface area contributed by atoms with E-state index in [1.807, 2.05) is 25.1 Å². The molecule has 0 aliphatic rings. The molecule has 0 spiro atoms. The summed E-state index contributed by atoms with van der Waals surface area (Å²) in [5, 5.41) is 0.734. The van der Waals surface area contributed by atoms with E-state index in [0.717, 1.165) is 41.3 Å². The van der Waals surface area contributed by atoms with Crippen molar-refractivity contribution in [3.8, 4) is 0 Å². The molecule has 0 radical (unpaired) electrons. The molecule has 1 atom stereocenters. The first-order valence-electron chi connectivity index (χ1n) is 6.44. The van der Waals surface area contributed by atoms with E-state index in [1.54, 1.807) is 0 Å². The lowest BCUT2D eigenvalue weighted by Crippen LogP contribution is -2.36. The minimum Gasteiger partial charge on any atom is -0.327 e. The molecule has 0 fully saturated rings. The van der Waals surface area contributed by atoms with Gasteiger partial charge in [0.1, 0.15) is 5.82 Å². The molecule has 0 amide bonds. The number of aryl methyl sites for hydroxylation is 1. The van der Waals surface area contributed by atoms with Crippen LogP contribution in [-0.2, 0) is 12.1 Å². The summed E-state index contributed by atoms with van der Waals surface area (Å²) >= 11 is 6.06. The summed E-state index contributed by atoms with van der Waals surface area (Å²) in [6.45, 7) is 7.14. The zero-order valence-electron chi connectivity index (χ0n) is 11.2. The fourth-order valence-electron chi connectivity index (χ4n) is 2.48. The molecule has 4 heteroatoms. The number of imidazole rings is 1. The van der Waals surface area contributed by atoms with E-state index < -0.39 is 5.54 Å². The molecule has 1 aromatic carbocycles. The Morgan fingerprint density at radius 1 is 1.39 bits per heavy atom. The second kappa shape index (κ2) is 4.90. The summed E-state index contributed by atoms with van der Waals surface area (Å²) in [4.78, 5) is 4.69. The van der Waals surface area contributed by atoms with Crippen LogP contribution in [0.5, 0.6) is 0 Å². The maximum atomic E-state index is 6.41. The molecule has 98 valence electrons. The molecule has 1 aromatic heterocycles. The largest absolute Gasteiger partial charge is 0.327 e. The van der Waals surface area contributed by atoms with Gasteiger partial charge in [-0.1, -0.05) is 24.9 Å². The van der Waals surface area contributed by atoms with Gasteiger partial charge in [-0.3, -0.25) is 0 Å². The Hall–Kier alpha value is -1.06. The van der Waals surface area contributed by atoms with E-state index in [1.165, 1.54) is 0 Å². The molecular formula is C14H20ClN3. The van der Waals surface area contributed by atoms with Gasteiger partial charge >= 0.3 is 0 Å². The number of nitrogens with two attached hydrogens (primary N) is 1. The highest BCUT2D eigenvalue weighted by Gasteiger charge is 2.27. The van der Waals surface area contributed by atoms with Crippen LogP contribution in [-0.4, -0.2) is 9.55 Å². The summed E-state index contributed by atoms with van der Waals surface area (Å²) < 4.78 is 2.16. The van der Waals surface area contributed by atoms with Gasteiger partial charge in [-0.2, -0.15) is 0 Å². The standard InChI is InChI=1S/C14H20ClN3/c1-4-8-14(3,16)13-17-11-7-6-10(15)9-12(11)18(13)5-2/h6-7,9H,4-5,8,16H2,1-3H3. The second-order valence-electron chi connectivity index (χ2n) is 4.98. The molecule has 2 N–H and O–H groups in total. The quantitative estimate of drug-likeness (QED) is 0.916. The summed E-state index contributed by atoms with van der Waals surface area (Å²) in [5.41, 5.74) is 8.04. The number of rotatable bonds is 4. The Morgan fingerprint density at radius 2 is 2.11 bits per heavy atom. The van der Waals surface area contributed by atoms with Crippen LogP contribution in [0.3, 0.4) is 0 Å². The van der Waals surface area contributed by atoms with Crippen molar-refractivity contribution in [2.45, 2.75) is 45.7 Å². The van der Waals surface area contributed by atoms with Gasteiger partial charge in [0.15, 0.2) is 0 Å². The van der Waals surface area contributed by atoms with Gasteiger partial charge in [0.2, 0.25) is 0 Å². The van der Waals surface area contributed by atoms with Crippen molar-refractivity contribution in [2.24, 2.45) is 5.73 Å². The predicted octanol–water partition coefficient (Wildman–Crippen LogP) is 3.68. The topological polar surface area (TPSA) is 43.8 Å². The van der Waals surface area contributed by atoms with E-state index in [0.29, 0.717) is 0 Å². The van der Waals surface area contributed by atoms with Gasteiger partial charge in [-0.15, -0.1) is 0 Å². The number of benzene rings is 1. The number of nitrogens with zero attached hydrogens (tertiary/aromatic N) is 2. The Labute approximate surface area is 113 Å². The van der Waals surface area contributed by atoms with Crippen LogP contribution in [0.2, 0.25) is 5.02 Å². The third kappa shape index (κ3) is 2.25. The maximum Gasteiger partial charge on any atom is 0.129 e. The molecule has 2 aromatic rings. The van der Waals surface area contributed by atoms with Gasteiger partial charge in [0.05, 0.1) is 16.6 Å². The molecule has 18 heavy (non-hydrogen) atoms. The predicted molar refractivity (Wildman–Crippen MR) is 76.9 cm³/mol. The number of hydrogen-bond donors (Lipinski definition) is 1. The van der Waals surface area contributed by atoms with Crippen LogP contribution in [0.1, 0.15) is 39.4 Å². The molecule has 2 rings (SSSR count). The summed E-state index contributed by atoms with van der Waals surface area (Å²) in [6, 6.07) is 5.78. The SMILES string of the molecule is CCCC(C)(N)c1nc2ccc(Cl)cc2n1CC. The van der Waals surface area contributed by atoms with Crippen LogP contribution >= 0.6 is 11.6 Å². The van der Waals surface area contributed by atoms with Crippen LogP contribution < -0.4 is 5.73 Å². The Kier molecular flexibility index (Phi) is 3.64. The Morgan fingerprint density at radius 3 is 2.72 bits per heavy atom. The molecule has 1 heterocycles. The van der Waals surface area contributed by atoms with Crippen molar-refractivity contribution in [2.75, 3.05) is 0 Å². The van der Waals surface area contributed by atoms with Gasteiger partial charge in [-0.05, 0) is 38.5 Å². The van der Waals surface area contributed by atoms with E-state index in [9.17, 15) is 0 Å². The Balaban J connectivity index is 2.64. The third-order valence-corrected chi connectivity index (χ3v) is 3.54. The first kappa shape index (κ1) is 13.4. The summed E-state index contributed by atoms with van der Waals surface area (Å²) in [6.07, 6.45) is 1.96. The van der Waals surface area contributed by atoms with Crippen molar-refractivity contribution in [3.05, 3.63) is 29.0 Å². The number of fused-ring (bicyclic) bond motifs is 1. The second-order valence-corrected chi connectivity index (χ2v) is 5.42. The van der Waals surface area contributed by atoms with Crippen molar-refractivity contribution < 1.29 is 0 Å². The molecule has 3 nitrogen and oxygen atoms in total. The zero-order chi connectivity index (χ0) is 13.3. The number of aromatic nitrogens is 2. The van der Waals surface area contributed by atoms with Gasteiger partial charge in [0, 0.05) is 11.6 Å². The van der Waals surface area contributed by atoms with E-state index in [2.05, 4.69) is 18.4 Å². The third-order valence-electron chi connectivity index (χ3n) is 3.31. The van der Waals surface area contributed by atoms with E-state index in [-0.39, 0.29) is 0 Å². The number of hydrogen-bond acceptors (Lipinski definition) is 2. The lowest BCUT2D eigenvalue weighted by Gasteiger charge is -2.24. The van der Waals surface area contributed by atoms with Crippen LogP contribution in [0.15, 0.2) is 18.2 Å². The average molecular weight is 266 g/mol. The van der Waals surface area contributed by atoms with Crippen molar-refractivity contribution in [1.82, 2.24) is 9.55 Å². The molecule has 1 unspecified atom stereocenters. The van der Waals surface area contributed by atoms with Gasteiger partial charge < -0.3 is 10.3 Å². The first-order valence-corrected chi connectivity index (χ1v) is 6.82. The highest BCUT2D eigenvalue weighted by Crippen LogP contribution is 2.28. The molecule has 0 saturated carbocycles. The maximum absolute atomic E-state index is 6.41. The first-order chi connectivity index (χ1) is 8.49. The van der Waals surface area contributed by atoms with Crippen LogP contribution in [0, 0.1) is 0 Å². The zero-order valence-corrected chi connectivity index (χ0v) is 12.0. The van der Waals surface area contributed by atoms with Gasteiger partial charge in [0.25, 0.3) is 0 Å². The van der Waals surface area contributed by atoms with Crippen LogP contribution in [0.4, 0.5) is 0 Å². The molecular weight excluding hydrogens is 246 g/mol. The normalized spacial score (nSPS) is 14.9. The van der Waals surface area contributed by atoms with Crippen molar-refractivity contribution in [3.63, 3.8) is 0 Å². The smallest absolute Gasteiger partial charge is 0.129 e. The minimum absolute atomic E-state index is 0.393. The Bertz CT molecular complexity index is 557. The molecule has 0 saturated heterocycles. The van der Waals surface area contributed by atoms with Gasteiger partial charge in [-0.25, -0.2) is 4.98 Å². The van der Waals surface area contributed by atoms with E-state index in [4.69, 9.17) is 22.3 Å². The summed E-state index contributed by atoms with van der Waals surface area (Å²) in [5.74, 6) is 0.948. The fourth-order valence-corrected chi connectivity index (χ4v) is 2.65. The average Bonchev–Trinajstić information content (AvgIpc) is 2.67. The minimum atomic E-state index is -0.393. The summed E-state index contributed by atoms with van der Waals surface area (Å²) in [7, 11) is 0. The van der Waals surface area contributed by atoms with Crippen molar-refractivity contribution in [1.29, 1.82) is 0 Å². The monoisotopic (exact) mass is 265 g/mol. The number of halogens is 1.